The van der Waals surface area contributed by atoms with E-state index in [0.29, 0.717) is 19.5 Å². The molecule has 0 aromatic carbocycles. The van der Waals surface area contributed by atoms with E-state index in [-0.39, 0.29) is 12.0 Å². The van der Waals surface area contributed by atoms with Gasteiger partial charge in [0, 0.05) is 38.5 Å². The topological polar surface area (TPSA) is 93.0 Å². The number of nitrogens with one attached hydrogen (secondary N) is 2. The van der Waals surface area contributed by atoms with E-state index >= 15 is 0 Å². The van der Waals surface area contributed by atoms with E-state index in [1.807, 2.05) is 0 Å². The molecule has 6 nitrogen and oxygen atoms in total. The van der Waals surface area contributed by atoms with Gasteiger partial charge in [-0.25, -0.2) is 4.98 Å². The fraction of sp³-hybridized carbons (Fsp3) is 0.600. The molecule has 0 saturated carbocycles. The van der Waals surface area contributed by atoms with E-state index in [1.54, 1.807) is 19.6 Å². The van der Waals surface area contributed by atoms with Crippen molar-refractivity contribution in [2.75, 3.05) is 20.2 Å². The van der Waals surface area contributed by atoms with Gasteiger partial charge in [-0.1, -0.05) is 0 Å². The second-order valence-corrected chi connectivity index (χ2v) is 3.47. The van der Waals surface area contributed by atoms with Crippen LogP contribution in [0.25, 0.3) is 0 Å². The number of rotatable bonds is 7. The van der Waals surface area contributed by atoms with Crippen molar-refractivity contribution in [3.63, 3.8) is 0 Å². The Bertz CT molecular complexity index is 296. The predicted octanol–water partition coefficient (Wildman–Crippen LogP) is -0.568. The molecule has 1 heterocycles. The number of carbonyl (C=O) groups is 1. The van der Waals surface area contributed by atoms with E-state index in [0.717, 1.165) is 12.1 Å². The minimum atomic E-state index is -0.202. The van der Waals surface area contributed by atoms with Gasteiger partial charge in [-0.2, -0.15) is 0 Å². The van der Waals surface area contributed by atoms with Gasteiger partial charge >= 0.3 is 0 Å². The van der Waals surface area contributed by atoms with Crippen LogP contribution >= 0.6 is 0 Å². The third kappa shape index (κ3) is 4.41. The standard InChI is InChI=1S/C10H18N4O2/c1-16-9(5-11)4-10(15)13-3-2-8-6-12-7-14-8/h6-7,9H,2-5,11H2,1H3,(H,12,14)(H,13,15). The van der Waals surface area contributed by atoms with Crippen LogP contribution in [0.5, 0.6) is 0 Å². The number of H-pyrrole nitrogens is 1. The Morgan fingerprint density at radius 1 is 1.75 bits per heavy atom. The van der Waals surface area contributed by atoms with Crippen LogP contribution in [-0.2, 0) is 16.0 Å². The molecule has 1 rings (SSSR count). The maximum atomic E-state index is 11.4. The van der Waals surface area contributed by atoms with E-state index < -0.39 is 0 Å². The molecular formula is C10H18N4O2. The van der Waals surface area contributed by atoms with Gasteiger partial charge < -0.3 is 20.8 Å². The highest BCUT2D eigenvalue weighted by Gasteiger charge is 2.10. The van der Waals surface area contributed by atoms with E-state index in [2.05, 4.69) is 15.3 Å². The van der Waals surface area contributed by atoms with Gasteiger partial charge in [-0.05, 0) is 0 Å². The third-order valence-electron chi connectivity index (χ3n) is 2.28. The molecule has 4 N–H and O–H groups in total. The number of carbonyl (C=O) groups excluding carboxylic acids is 1. The van der Waals surface area contributed by atoms with Crippen molar-refractivity contribution in [1.82, 2.24) is 15.3 Å². The highest BCUT2D eigenvalue weighted by Crippen LogP contribution is 1.95. The largest absolute Gasteiger partial charge is 0.380 e. The first kappa shape index (κ1) is 12.7. The van der Waals surface area contributed by atoms with Gasteiger partial charge in [-0.15, -0.1) is 0 Å². The monoisotopic (exact) mass is 226 g/mol. The van der Waals surface area contributed by atoms with Crippen LogP contribution in [0.1, 0.15) is 12.1 Å². The molecule has 0 aliphatic heterocycles. The molecule has 0 fully saturated rings. The van der Waals surface area contributed by atoms with Crippen molar-refractivity contribution < 1.29 is 9.53 Å². The average Bonchev–Trinajstić information content (AvgIpc) is 2.79. The van der Waals surface area contributed by atoms with Crippen LogP contribution in [0.3, 0.4) is 0 Å². The van der Waals surface area contributed by atoms with Crippen LogP contribution in [0.15, 0.2) is 12.5 Å². The first-order chi connectivity index (χ1) is 7.76. The predicted molar refractivity (Wildman–Crippen MR) is 59.8 cm³/mol. The summed E-state index contributed by atoms with van der Waals surface area (Å²) < 4.78 is 5.02. The van der Waals surface area contributed by atoms with Crippen molar-refractivity contribution in [1.29, 1.82) is 0 Å². The molecular weight excluding hydrogens is 208 g/mol. The summed E-state index contributed by atoms with van der Waals surface area (Å²) in [6, 6.07) is 0. The summed E-state index contributed by atoms with van der Waals surface area (Å²) >= 11 is 0. The number of amides is 1. The van der Waals surface area contributed by atoms with Crippen LogP contribution in [0, 0.1) is 0 Å². The number of hydrogen-bond donors (Lipinski definition) is 3. The highest BCUT2D eigenvalue weighted by molar-refractivity contribution is 5.76. The second kappa shape index (κ2) is 6.97. The summed E-state index contributed by atoms with van der Waals surface area (Å²) in [6.07, 6.45) is 4.20. The lowest BCUT2D eigenvalue weighted by atomic mass is 10.2. The average molecular weight is 226 g/mol. The zero-order valence-corrected chi connectivity index (χ0v) is 9.40. The second-order valence-electron chi connectivity index (χ2n) is 3.47. The Balaban J connectivity index is 2.15. The molecule has 1 atom stereocenters. The smallest absolute Gasteiger partial charge is 0.222 e. The van der Waals surface area contributed by atoms with Gasteiger partial charge in [0.25, 0.3) is 0 Å². The van der Waals surface area contributed by atoms with Gasteiger partial charge in [-0.3, -0.25) is 4.79 Å². The quantitative estimate of drug-likeness (QED) is 0.580. The summed E-state index contributed by atoms with van der Waals surface area (Å²) in [5.41, 5.74) is 6.42. The molecule has 0 saturated heterocycles. The van der Waals surface area contributed by atoms with Gasteiger partial charge in [0.15, 0.2) is 0 Å². The molecule has 6 heteroatoms. The lowest BCUT2D eigenvalue weighted by Crippen LogP contribution is -2.33. The first-order valence-electron chi connectivity index (χ1n) is 5.23. The Hall–Kier alpha value is -1.40. The third-order valence-corrected chi connectivity index (χ3v) is 2.28. The molecule has 0 radical (unpaired) electrons. The number of ether oxygens (including phenoxy) is 1. The zero-order valence-electron chi connectivity index (χ0n) is 9.40. The molecule has 0 spiro atoms. The summed E-state index contributed by atoms with van der Waals surface area (Å²) in [6.45, 7) is 0.937. The molecule has 1 aromatic heterocycles. The number of nitrogens with two attached hydrogens (primary N) is 1. The first-order valence-corrected chi connectivity index (χ1v) is 5.23. The highest BCUT2D eigenvalue weighted by atomic mass is 16.5. The SMILES string of the molecule is COC(CN)CC(=O)NCCc1cnc[nH]1. The van der Waals surface area contributed by atoms with Gasteiger partial charge in [0.2, 0.25) is 5.91 Å². The maximum Gasteiger partial charge on any atom is 0.222 e. The number of aromatic nitrogens is 2. The zero-order chi connectivity index (χ0) is 11.8. The van der Waals surface area contributed by atoms with E-state index in [1.165, 1.54) is 0 Å². The summed E-state index contributed by atoms with van der Waals surface area (Å²) in [5, 5.41) is 2.80. The van der Waals surface area contributed by atoms with Crippen LogP contribution in [0.4, 0.5) is 0 Å². The summed E-state index contributed by atoms with van der Waals surface area (Å²) in [4.78, 5) is 18.3. The lowest BCUT2D eigenvalue weighted by molar-refractivity contribution is -0.123. The molecule has 0 aliphatic carbocycles. The molecule has 0 aliphatic rings. The van der Waals surface area contributed by atoms with Crippen molar-refractivity contribution in [3.8, 4) is 0 Å². The molecule has 1 aromatic rings. The number of methoxy groups -OCH3 is 1. The fourth-order valence-corrected chi connectivity index (χ4v) is 1.30. The maximum absolute atomic E-state index is 11.4. The summed E-state index contributed by atoms with van der Waals surface area (Å²) in [7, 11) is 1.55. The van der Waals surface area contributed by atoms with E-state index in [9.17, 15) is 4.79 Å². The molecule has 0 bridgehead atoms. The number of hydrogen-bond acceptors (Lipinski definition) is 4. The van der Waals surface area contributed by atoms with E-state index in [4.69, 9.17) is 10.5 Å². The van der Waals surface area contributed by atoms with Crippen molar-refractivity contribution in [2.45, 2.75) is 18.9 Å². The minimum Gasteiger partial charge on any atom is -0.380 e. The van der Waals surface area contributed by atoms with Gasteiger partial charge in [0.05, 0.1) is 18.9 Å². The molecule has 1 unspecified atom stereocenters. The minimum absolute atomic E-state index is 0.0446. The number of nitrogens with zero attached hydrogens (tertiary/aromatic N) is 1. The van der Waals surface area contributed by atoms with Crippen molar-refractivity contribution in [2.24, 2.45) is 5.73 Å². The van der Waals surface area contributed by atoms with Crippen LogP contribution < -0.4 is 11.1 Å². The Morgan fingerprint density at radius 3 is 3.12 bits per heavy atom. The Kier molecular flexibility index (Phi) is 5.52. The number of imidazole rings is 1. The Labute approximate surface area is 94.6 Å². The summed E-state index contributed by atoms with van der Waals surface area (Å²) in [5.74, 6) is -0.0446. The fourth-order valence-electron chi connectivity index (χ4n) is 1.30. The molecule has 90 valence electrons. The van der Waals surface area contributed by atoms with Crippen molar-refractivity contribution >= 4 is 5.91 Å². The van der Waals surface area contributed by atoms with Crippen LogP contribution in [0.2, 0.25) is 0 Å². The normalized spacial score (nSPS) is 12.4. The number of aromatic amines is 1. The van der Waals surface area contributed by atoms with Crippen LogP contribution in [-0.4, -0.2) is 42.2 Å². The van der Waals surface area contributed by atoms with Crippen molar-refractivity contribution in [3.05, 3.63) is 18.2 Å². The molecule has 16 heavy (non-hydrogen) atoms. The lowest BCUT2D eigenvalue weighted by Gasteiger charge is -2.12. The Morgan fingerprint density at radius 2 is 2.56 bits per heavy atom. The van der Waals surface area contributed by atoms with Gasteiger partial charge in [0.1, 0.15) is 0 Å². The molecule has 1 amide bonds.